The molecule has 1 heterocycles. The van der Waals surface area contributed by atoms with Crippen LogP contribution in [0.4, 0.5) is 5.69 Å². The number of nitrogens with zero attached hydrogens (tertiary/aromatic N) is 2. The van der Waals surface area contributed by atoms with Crippen molar-refractivity contribution in [2.45, 2.75) is 13.8 Å². The van der Waals surface area contributed by atoms with Crippen LogP contribution >= 0.6 is 23.2 Å². The van der Waals surface area contributed by atoms with Crippen LogP contribution in [0.25, 0.3) is 6.08 Å². The Morgan fingerprint density at radius 3 is 2.46 bits per heavy atom. The highest BCUT2D eigenvalue weighted by molar-refractivity contribution is 6.35. The summed E-state index contributed by atoms with van der Waals surface area (Å²) in [6.07, 6.45) is 3.33. The predicted molar refractivity (Wildman–Crippen MR) is 110 cm³/mol. The van der Waals surface area contributed by atoms with Gasteiger partial charge in [-0.2, -0.15) is 0 Å². The highest BCUT2D eigenvalue weighted by Crippen LogP contribution is 2.24. The van der Waals surface area contributed by atoms with Crippen LogP contribution in [0, 0.1) is 13.8 Å². The summed E-state index contributed by atoms with van der Waals surface area (Å²) in [5, 5.41) is 1.13. The summed E-state index contributed by atoms with van der Waals surface area (Å²) in [4.78, 5) is 16.7. The highest BCUT2D eigenvalue weighted by atomic mass is 35.5. The predicted octanol–water partition coefficient (Wildman–Crippen LogP) is 4.97. The summed E-state index contributed by atoms with van der Waals surface area (Å²) in [7, 11) is 0. The van der Waals surface area contributed by atoms with E-state index in [-0.39, 0.29) is 5.91 Å². The molecular formula is C21H22Cl2N2O. The molecule has 1 amide bonds. The van der Waals surface area contributed by atoms with Gasteiger partial charge < -0.3 is 9.80 Å². The molecule has 0 radical (unpaired) electrons. The van der Waals surface area contributed by atoms with E-state index in [0.717, 1.165) is 18.7 Å². The molecule has 0 atom stereocenters. The van der Waals surface area contributed by atoms with Crippen molar-refractivity contribution in [1.29, 1.82) is 0 Å². The molecule has 1 aliphatic rings. The Morgan fingerprint density at radius 1 is 1.04 bits per heavy atom. The monoisotopic (exact) mass is 388 g/mol. The summed E-state index contributed by atoms with van der Waals surface area (Å²) in [5.41, 5.74) is 4.66. The van der Waals surface area contributed by atoms with Crippen LogP contribution in [0.3, 0.4) is 0 Å². The third-order valence-corrected chi connectivity index (χ3v) is 5.44. The molecule has 0 unspecified atom stereocenters. The van der Waals surface area contributed by atoms with Crippen molar-refractivity contribution in [3.63, 3.8) is 0 Å². The minimum Gasteiger partial charge on any atom is -0.368 e. The van der Waals surface area contributed by atoms with Gasteiger partial charge >= 0.3 is 0 Å². The van der Waals surface area contributed by atoms with Gasteiger partial charge in [-0.25, -0.2) is 0 Å². The molecule has 1 saturated heterocycles. The van der Waals surface area contributed by atoms with Gasteiger partial charge in [-0.1, -0.05) is 41.4 Å². The SMILES string of the molecule is Cc1cccc(N2CCN(C(=O)/C=C\c3ccc(Cl)cc3Cl)CC2)c1C. The van der Waals surface area contributed by atoms with Crippen molar-refractivity contribution in [2.75, 3.05) is 31.1 Å². The largest absolute Gasteiger partial charge is 0.368 e. The van der Waals surface area contributed by atoms with Gasteiger partial charge in [0.05, 0.1) is 0 Å². The molecule has 0 aliphatic carbocycles. The van der Waals surface area contributed by atoms with Crippen molar-refractivity contribution in [1.82, 2.24) is 4.90 Å². The summed E-state index contributed by atoms with van der Waals surface area (Å²) >= 11 is 12.0. The zero-order chi connectivity index (χ0) is 18.7. The number of halogens is 2. The Morgan fingerprint density at radius 2 is 1.77 bits per heavy atom. The molecule has 136 valence electrons. The molecule has 2 aromatic rings. The van der Waals surface area contributed by atoms with Crippen molar-refractivity contribution in [3.8, 4) is 0 Å². The minimum atomic E-state index is 0.0108. The molecule has 2 aromatic carbocycles. The molecule has 0 spiro atoms. The quantitative estimate of drug-likeness (QED) is 0.692. The van der Waals surface area contributed by atoms with E-state index in [4.69, 9.17) is 23.2 Å². The van der Waals surface area contributed by atoms with Crippen molar-refractivity contribution in [3.05, 3.63) is 69.2 Å². The zero-order valence-electron chi connectivity index (χ0n) is 15.0. The molecule has 0 aromatic heterocycles. The number of aryl methyl sites for hydroxylation is 1. The molecule has 5 heteroatoms. The van der Waals surface area contributed by atoms with E-state index in [2.05, 4.69) is 36.9 Å². The molecule has 1 aliphatic heterocycles. The standard InChI is InChI=1S/C21H22Cl2N2O/c1-15-4-3-5-20(16(15)2)24-10-12-25(13-11-24)21(26)9-7-17-6-8-18(22)14-19(17)23/h3-9,14H,10-13H2,1-2H3/b9-7-. The van der Waals surface area contributed by atoms with Gasteiger partial charge in [-0.05, 0) is 54.8 Å². The number of carbonyl (C=O) groups is 1. The van der Waals surface area contributed by atoms with Crippen LogP contribution in [0.2, 0.25) is 10.0 Å². The van der Waals surface area contributed by atoms with Crippen LogP contribution in [0.15, 0.2) is 42.5 Å². The lowest BCUT2D eigenvalue weighted by Gasteiger charge is -2.36. The van der Waals surface area contributed by atoms with Crippen LogP contribution in [0.5, 0.6) is 0 Å². The maximum Gasteiger partial charge on any atom is 0.246 e. The number of carbonyl (C=O) groups excluding carboxylic acids is 1. The Kier molecular flexibility index (Phi) is 5.90. The van der Waals surface area contributed by atoms with E-state index in [1.807, 2.05) is 11.0 Å². The van der Waals surface area contributed by atoms with E-state index >= 15 is 0 Å². The fourth-order valence-electron chi connectivity index (χ4n) is 3.15. The molecule has 0 N–H and O–H groups in total. The van der Waals surface area contributed by atoms with E-state index < -0.39 is 0 Å². The van der Waals surface area contributed by atoms with Gasteiger partial charge in [0, 0.05) is 48.0 Å². The third kappa shape index (κ3) is 4.22. The first-order chi connectivity index (χ1) is 12.5. The molecule has 1 fully saturated rings. The highest BCUT2D eigenvalue weighted by Gasteiger charge is 2.21. The normalized spacial score (nSPS) is 14.9. The molecular weight excluding hydrogens is 367 g/mol. The van der Waals surface area contributed by atoms with Gasteiger partial charge in [-0.3, -0.25) is 4.79 Å². The number of hydrogen-bond donors (Lipinski definition) is 0. The van der Waals surface area contributed by atoms with Crippen LogP contribution in [-0.2, 0) is 4.79 Å². The second-order valence-corrected chi connectivity index (χ2v) is 7.37. The van der Waals surface area contributed by atoms with E-state index in [9.17, 15) is 4.79 Å². The second-order valence-electron chi connectivity index (χ2n) is 6.53. The Bertz CT molecular complexity index is 840. The van der Waals surface area contributed by atoms with Crippen molar-refractivity contribution in [2.24, 2.45) is 0 Å². The third-order valence-electron chi connectivity index (χ3n) is 4.88. The fourth-order valence-corrected chi connectivity index (χ4v) is 3.62. The number of piperazine rings is 1. The minimum absolute atomic E-state index is 0.0108. The Labute approximate surface area is 164 Å². The van der Waals surface area contributed by atoms with Crippen LogP contribution < -0.4 is 4.90 Å². The zero-order valence-corrected chi connectivity index (χ0v) is 16.5. The average molecular weight is 389 g/mol. The van der Waals surface area contributed by atoms with Gasteiger partial charge in [0.15, 0.2) is 0 Å². The number of anilines is 1. The Balaban J connectivity index is 1.61. The Hall–Kier alpha value is -1.97. The average Bonchev–Trinajstić information content (AvgIpc) is 2.63. The number of rotatable bonds is 3. The lowest BCUT2D eigenvalue weighted by Crippen LogP contribution is -2.48. The van der Waals surface area contributed by atoms with Gasteiger partial charge in [-0.15, -0.1) is 0 Å². The summed E-state index contributed by atoms with van der Waals surface area (Å²) in [5.74, 6) is 0.0108. The number of hydrogen-bond acceptors (Lipinski definition) is 2. The lowest BCUT2D eigenvalue weighted by molar-refractivity contribution is -0.126. The topological polar surface area (TPSA) is 23.6 Å². The lowest BCUT2D eigenvalue weighted by atomic mass is 10.1. The van der Waals surface area contributed by atoms with Crippen LogP contribution in [-0.4, -0.2) is 37.0 Å². The maximum absolute atomic E-state index is 12.5. The molecule has 3 nitrogen and oxygen atoms in total. The summed E-state index contributed by atoms with van der Waals surface area (Å²) < 4.78 is 0. The summed E-state index contributed by atoms with van der Waals surface area (Å²) in [6, 6.07) is 11.6. The molecule has 3 rings (SSSR count). The van der Waals surface area contributed by atoms with Crippen molar-refractivity contribution >= 4 is 40.9 Å². The first kappa shape index (κ1) is 18.8. The smallest absolute Gasteiger partial charge is 0.246 e. The maximum atomic E-state index is 12.5. The van der Waals surface area contributed by atoms with E-state index in [1.54, 1.807) is 24.3 Å². The summed E-state index contributed by atoms with van der Waals surface area (Å²) in [6.45, 7) is 7.39. The van der Waals surface area contributed by atoms with Crippen molar-refractivity contribution < 1.29 is 4.79 Å². The fraction of sp³-hybridized carbons (Fsp3) is 0.286. The van der Waals surface area contributed by atoms with Gasteiger partial charge in [0.1, 0.15) is 0 Å². The van der Waals surface area contributed by atoms with E-state index in [1.165, 1.54) is 16.8 Å². The van der Waals surface area contributed by atoms with Gasteiger partial charge in [0.2, 0.25) is 5.91 Å². The first-order valence-corrected chi connectivity index (χ1v) is 9.44. The first-order valence-electron chi connectivity index (χ1n) is 8.69. The molecule has 0 saturated carbocycles. The number of amides is 1. The second kappa shape index (κ2) is 8.15. The number of benzene rings is 2. The van der Waals surface area contributed by atoms with Gasteiger partial charge in [0.25, 0.3) is 0 Å². The molecule has 26 heavy (non-hydrogen) atoms. The van der Waals surface area contributed by atoms with Crippen LogP contribution in [0.1, 0.15) is 16.7 Å². The molecule has 0 bridgehead atoms. The van der Waals surface area contributed by atoms with E-state index in [0.29, 0.717) is 23.1 Å².